The Morgan fingerprint density at radius 3 is 1.15 bits per heavy atom. The van der Waals surface area contributed by atoms with E-state index in [0.29, 0.717) is 0 Å². The lowest BCUT2D eigenvalue weighted by atomic mass is 10.2. The number of hydrogen-bond acceptors (Lipinski definition) is 4. The fraction of sp³-hybridized carbons (Fsp3) is 1.00. The standard InChI is InChI=1S/C8H6F8O4/c1-3(9)4(2,10)18-5(17-3)6(11,12)19-8(15,16)20-7(5,13)14/h1-2H3. The third kappa shape index (κ3) is 1.81. The van der Waals surface area contributed by atoms with Gasteiger partial charge in [-0.3, -0.25) is 9.47 Å². The monoisotopic (exact) mass is 318 g/mol. The van der Waals surface area contributed by atoms with Crippen molar-refractivity contribution < 1.29 is 54.1 Å². The van der Waals surface area contributed by atoms with E-state index < -0.39 is 36.0 Å². The highest BCUT2D eigenvalue weighted by Crippen LogP contribution is 2.62. The van der Waals surface area contributed by atoms with Crippen molar-refractivity contribution >= 4 is 0 Å². The van der Waals surface area contributed by atoms with Gasteiger partial charge in [0.2, 0.25) is 0 Å². The van der Waals surface area contributed by atoms with E-state index in [4.69, 9.17) is 0 Å². The van der Waals surface area contributed by atoms with Crippen LogP contribution in [0.1, 0.15) is 13.8 Å². The van der Waals surface area contributed by atoms with Gasteiger partial charge in [0.15, 0.2) is 0 Å². The molecule has 0 bridgehead atoms. The highest BCUT2D eigenvalue weighted by atomic mass is 19.3. The van der Waals surface area contributed by atoms with Crippen molar-refractivity contribution in [1.29, 1.82) is 0 Å². The molecule has 0 aromatic carbocycles. The Kier molecular flexibility index (Phi) is 2.77. The summed E-state index contributed by atoms with van der Waals surface area (Å²) >= 11 is 0. The zero-order valence-electron chi connectivity index (χ0n) is 9.66. The Bertz CT molecular complexity index is 396. The van der Waals surface area contributed by atoms with Crippen molar-refractivity contribution in [2.45, 2.75) is 49.9 Å². The molecule has 2 unspecified atom stereocenters. The first-order valence-corrected chi connectivity index (χ1v) is 4.89. The number of halogens is 8. The molecule has 4 nitrogen and oxygen atoms in total. The topological polar surface area (TPSA) is 36.9 Å². The summed E-state index contributed by atoms with van der Waals surface area (Å²) in [6, 6.07) is 0. The van der Waals surface area contributed by atoms with Gasteiger partial charge in [-0.2, -0.15) is 17.6 Å². The summed E-state index contributed by atoms with van der Waals surface area (Å²) in [6.07, 6.45) is -16.7. The minimum Gasteiger partial charge on any atom is -0.293 e. The van der Waals surface area contributed by atoms with Crippen LogP contribution in [0.15, 0.2) is 0 Å². The molecule has 20 heavy (non-hydrogen) atoms. The van der Waals surface area contributed by atoms with E-state index in [1.807, 2.05) is 0 Å². The predicted molar refractivity (Wildman–Crippen MR) is 40.9 cm³/mol. The third-order valence-corrected chi connectivity index (χ3v) is 2.73. The minimum absolute atomic E-state index is 0.153. The van der Waals surface area contributed by atoms with E-state index in [1.54, 1.807) is 0 Å². The van der Waals surface area contributed by atoms with Crippen LogP contribution in [0.2, 0.25) is 0 Å². The van der Waals surface area contributed by atoms with Crippen LogP contribution in [0.25, 0.3) is 0 Å². The van der Waals surface area contributed by atoms with E-state index in [-0.39, 0.29) is 13.8 Å². The molecule has 0 aliphatic carbocycles. The van der Waals surface area contributed by atoms with E-state index in [2.05, 4.69) is 18.9 Å². The van der Waals surface area contributed by atoms with Gasteiger partial charge < -0.3 is 0 Å². The van der Waals surface area contributed by atoms with Crippen molar-refractivity contribution in [3.05, 3.63) is 0 Å². The van der Waals surface area contributed by atoms with Crippen molar-refractivity contribution in [3.8, 4) is 0 Å². The molecular formula is C8H6F8O4. The second-order valence-corrected chi connectivity index (χ2v) is 4.36. The molecule has 2 rings (SSSR count). The smallest absolute Gasteiger partial charge is 0.293 e. The summed E-state index contributed by atoms with van der Waals surface area (Å²) in [5, 5.41) is 0. The van der Waals surface area contributed by atoms with Gasteiger partial charge >= 0.3 is 24.3 Å². The average molecular weight is 318 g/mol. The maximum Gasteiger partial charge on any atom is 0.495 e. The number of rotatable bonds is 0. The van der Waals surface area contributed by atoms with Crippen LogP contribution in [0.3, 0.4) is 0 Å². The summed E-state index contributed by atoms with van der Waals surface area (Å²) in [7, 11) is 0. The lowest BCUT2D eigenvalue weighted by molar-refractivity contribution is -0.637. The molecule has 0 N–H and O–H groups in total. The van der Waals surface area contributed by atoms with E-state index >= 15 is 0 Å². The first-order chi connectivity index (χ1) is 8.58. The molecule has 2 atom stereocenters. The Labute approximate surface area is 105 Å². The molecule has 1 spiro atoms. The van der Waals surface area contributed by atoms with Crippen LogP contribution in [-0.4, -0.2) is 36.0 Å². The fourth-order valence-corrected chi connectivity index (χ4v) is 1.60. The zero-order valence-corrected chi connectivity index (χ0v) is 9.66. The Morgan fingerprint density at radius 2 is 0.850 bits per heavy atom. The Hall–Kier alpha value is -0.720. The first kappa shape index (κ1) is 15.7. The van der Waals surface area contributed by atoms with E-state index in [9.17, 15) is 35.1 Å². The second kappa shape index (κ2) is 3.54. The second-order valence-electron chi connectivity index (χ2n) is 4.36. The van der Waals surface area contributed by atoms with Crippen molar-refractivity contribution in [2.75, 3.05) is 0 Å². The van der Waals surface area contributed by atoms with Crippen LogP contribution in [-0.2, 0) is 18.9 Å². The molecule has 2 heterocycles. The van der Waals surface area contributed by atoms with Gasteiger partial charge in [0.1, 0.15) is 0 Å². The molecular weight excluding hydrogens is 312 g/mol. The molecule has 2 fully saturated rings. The summed E-state index contributed by atoms with van der Waals surface area (Å²) in [5.74, 6) is -12.5. The minimum atomic E-state index is -5.62. The van der Waals surface area contributed by atoms with Crippen molar-refractivity contribution in [2.24, 2.45) is 0 Å². The SMILES string of the molecule is CC1(F)OC2(OC1(C)F)C(F)(F)OC(F)(F)OC2(F)F. The first-order valence-electron chi connectivity index (χ1n) is 4.89. The number of alkyl halides is 8. The molecule has 0 radical (unpaired) electrons. The maximum atomic E-state index is 13.6. The third-order valence-electron chi connectivity index (χ3n) is 2.73. The molecule has 118 valence electrons. The normalized spacial score (nSPS) is 44.7. The molecule has 0 saturated carbocycles. The van der Waals surface area contributed by atoms with Crippen LogP contribution in [0, 0.1) is 0 Å². The molecule has 2 saturated heterocycles. The predicted octanol–water partition coefficient (Wildman–Crippen LogP) is 2.88. The number of hydrogen-bond donors (Lipinski definition) is 0. The number of ether oxygens (including phenoxy) is 4. The van der Waals surface area contributed by atoms with Crippen LogP contribution in [0.5, 0.6) is 0 Å². The lowest BCUT2D eigenvalue weighted by Gasteiger charge is -2.44. The van der Waals surface area contributed by atoms with Crippen LogP contribution >= 0.6 is 0 Å². The molecule has 2 aliphatic heterocycles. The molecule has 2 aliphatic rings. The molecule has 0 aromatic rings. The van der Waals surface area contributed by atoms with Gasteiger partial charge in [-0.1, -0.05) is 0 Å². The van der Waals surface area contributed by atoms with Gasteiger partial charge in [0.25, 0.3) is 11.7 Å². The summed E-state index contributed by atoms with van der Waals surface area (Å²) in [4.78, 5) is 0. The highest BCUT2D eigenvalue weighted by molar-refractivity contribution is 5.02. The maximum absolute atomic E-state index is 13.6. The fourth-order valence-electron chi connectivity index (χ4n) is 1.60. The molecule has 0 amide bonds. The van der Waals surface area contributed by atoms with Crippen LogP contribution < -0.4 is 0 Å². The summed E-state index contributed by atoms with van der Waals surface area (Å²) < 4.78 is 118. The van der Waals surface area contributed by atoms with Gasteiger partial charge in [-0.15, -0.1) is 8.78 Å². The summed E-state index contributed by atoms with van der Waals surface area (Å²) in [6.45, 7) is 0.307. The van der Waals surface area contributed by atoms with Gasteiger partial charge in [-0.05, 0) is 0 Å². The van der Waals surface area contributed by atoms with Gasteiger partial charge in [0.05, 0.1) is 0 Å². The largest absolute Gasteiger partial charge is 0.495 e. The Balaban J connectivity index is 2.55. The van der Waals surface area contributed by atoms with Crippen LogP contribution in [0.4, 0.5) is 35.1 Å². The highest BCUT2D eigenvalue weighted by Gasteiger charge is 2.89. The quantitative estimate of drug-likeness (QED) is 0.644. The van der Waals surface area contributed by atoms with Gasteiger partial charge in [-0.25, -0.2) is 18.3 Å². The molecule has 0 aromatic heterocycles. The van der Waals surface area contributed by atoms with Crippen molar-refractivity contribution in [1.82, 2.24) is 0 Å². The van der Waals surface area contributed by atoms with Gasteiger partial charge in [0, 0.05) is 13.8 Å². The zero-order chi connectivity index (χ0) is 15.8. The molecule has 12 heteroatoms. The lowest BCUT2D eigenvalue weighted by Crippen LogP contribution is -2.71. The van der Waals surface area contributed by atoms with E-state index in [0.717, 1.165) is 0 Å². The Morgan fingerprint density at radius 1 is 0.550 bits per heavy atom. The van der Waals surface area contributed by atoms with E-state index in [1.165, 1.54) is 0 Å². The van der Waals surface area contributed by atoms with Crippen molar-refractivity contribution in [3.63, 3.8) is 0 Å². The average Bonchev–Trinajstić information content (AvgIpc) is 2.28. The summed E-state index contributed by atoms with van der Waals surface area (Å²) in [5.41, 5.74) is 0.